The normalized spacial score (nSPS) is 11.0. The number of tetrazole rings is 1. The van der Waals surface area contributed by atoms with Crippen molar-refractivity contribution in [2.45, 2.75) is 0 Å². The van der Waals surface area contributed by atoms with Gasteiger partial charge in [-0.2, -0.15) is 9.20 Å². The number of para-hydroxylation sites is 1. The smallest absolute Gasteiger partial charge is 0.247 e. The fourth-order valence-corrected chi connectivity index (χ4v) is 3.10. The average Bonchev–Trinajstić information content (AvgIpc) is 3.44. The Labute approximate surface area is 175 Å². The van der Waals surface area contributed by atoms with Crippen LogP contribution in [0.3, 0.4) is 0 Å². The quantitative estimate of drug-likeness (QED) is 0.389. The molecular formula is C20H17FN10. The molecule has 3 aromatic heterocycles. The molecule has 0 bridgehead atoms. The molecule has 0 aliphatic heterocycles. The van der Waals surface area contributed by atoms with Gasteiger partial charge >= 0.3 is 0 Å². The maximum Gasteiger partial charge on any atom is 0.247 e. The van der Waals surface area contributed by atoms with Gasteiger partial charge in [0.2, 0.25) is 5.95 Å². The number of rotatable bonds is 7. The van der Waals surface area contributed by atoms with Gasteiger partial charge in [0.05, 0.1) is 11.3 Å². The van der Waals surface area contributed by atoms with Crippen LogP contribution in [0, 0.1) is 5.82 Å². The van der Waals surface area contributed by atoms with E-state index in [4.69, 9.17) is 0 Å². The van der Waals surface area contributed by atoms with Gasteiger partial charge in [-0.15, -0.1) is 15.3 Å². The van der Waals surface area contributed by atoms with Crippen molar-refractivity contribution in [1.29, 1.82) is 0 Å². The van der Waals surface area contributed by atoms with Crippen LogP contribution in [0.15, 0.2) is 66.7 Å². The van der Waals surface area contributed by atoms with Gasteiger partial charge in [0.1, 0.15) is 11.6 Å². The minimum atomic E-state index is -0.378. The van der Waals surface area contributed by atoms with Crippen LogP contribution in [0.4, 0.5) is 16.2 Å². The predicted molar refractivity (Wildman–Crippen MR) is 112 cm³/mol. The van der Waals surface area contributed by atoms with Crippen molar-refractivity contribution in [3.63, 3.8) is 0 Å². The Morgan fingerprint density at radius 2 is 1.61 bits per heavy atom. The van der Waals surface area contributed by atoms with Crippen molar-refractivity contribution < 1.29 is 4.39 Å². The minimum absolute atomic E-state index is 0.342. The standard InChI is InChI=1S/C20H17FN10/c21-16-9-5-4-8-15(16)19-25-24-18-11-10-17(27-31(18)19)22-12-13-23-20-26-28-29-30(20)14-6-2-1-3-7-14/h1-11H,12-13H2,(H,22,27)(H,23,26,29). The topological polar surface area (TPSA) is 111 Å². The van der Waals surface area contributed by atoms with E-state index in [0.717, 1.165) is 5.69 Å². The van der Waals surface area contributed by atoms with Gasteiger partial charge in [-0.3, -0.25) is 0 Å². The lowest BCUT2D eigenvalue weighted by Crippen LogP contribution is -2.17. The summed E-state index contributed by atoms with van der Waals surface area (Å²) in [6.07, 6.45) is 0. The highest BCUT2D eigenvalue weighted by molar-refractivity contribution is 5.60. The first kappa shape index (κ1) is 18.6. The zero-order valence-corrected chi connectivity index (χ0v) is 16.2. The lowest BCUT2D eigenvalue weighted by Gasteiger charge is -2.09. The van der Waals surface area contributed by atoms with Crippen LogP contribution in [0.1, 0.15) is 0 Å². The van der Waals surface area contributed by atoms with Crippen LogP contribution in [0.5, 0.6) is 0 Å². The molecule has 0 fully saturated rings. The second kappa shape index (κ2) is 8.14. The highest BCUT2D eigenvalue weighted by Crippen LogP contribution is 2.21. The van der Waals surface area contributed by atoms with Gasteiger partial charge in [-0.1, -0.05) is 35.4 Å². The Balaban J connectivity index is 1.27. The van der Waals surface area contributed by atoms with Gasteiger partial charge in [0.15, 0.2) is 11.5 Å². The minimum Gasteiger partial charge on any atom is -0.367 e. The van der Waals surface area contributed by atoms with E-state index < -0.39 is 0 Å². The average molecular weight is 416 g/mol. The van der Waals surface area contributed by atoms with Crippen molar-refractivity contribution in [2.75, 3.05) is 23.7 Å². The fraction of sp³-hybridized carbons (Fsp3) is 0.100. The van der Waals surface area contributed by atoms with Crippen LogP contribution >= 0.6 is 0 Å². The number of aromatic nitrogens is 8. The number of hydrogen-bond donors (Lipinski definition) is 2. The third kappa shape index (κ3) is 3.75. The second-order valence-corrected chi connectivity index (χ2v) is 6.60. The van der Waals surface area contributed by atoms with Crippen molar-refractivity contribution in [3.8, 4) is 17.1 Å². The van der Waals surface area contributed by atoms with E-state index in [1.807, 2.05) is 30.3 Å². The number of nitrogens with zero attached hydrogens (tertiary/aromatic N) is 8. The SMILES string of the molecule is Fc1ccccc1-c1nnc2ccc(NCCNc3nnnn3-c3ccccc3)nn12. The summed E-state index contributed by atoms with van der Waals surface area (Å²) >= 11 is 0. The summed E-state index contributed by atoms with van der Waals surface area (Å²) in [4.78, 5) is 0. The second-order valence-electron chi connectivity index (χ2n) is 6.60. The van der Waals surface area contributed by atoms with Crippen molar-refractivity contribution in [1.82, 2.24) is 40.0 Å². The number of hydrogen-bond acceptors (Lipinski definition) is 8. The van der Waals surface area contributed by atoms with Gasteiger partial charge in [0, 0.05) is 13.1 Å². The van der Waals surface area contributed by atoms with E-state index in [2.05, 4.69) is 41.5 Å². The number of halogens is 1. The Hall–Kier alpha value is -4.41. The molecule has 0 radical (unpaired) electrons. The lowest BCUT2D eigenvalue weighted by molar-refractivity contribution is 0.629. The monoisotopic (exact) mass is 416 g/mol. The van der Waals surface area contributed by atoms with Crippen LogP contribution in [-0.4, -0.2) is 53.1 Å². The maximum absolute atomic E-state index is 14.2. The molecule has 5 rings (SSSR count). The predicted octanol–water partition coefficient (Wildman–Crippen LogP) is 2.43. The number of anilines is 2. The van der Waals surface area contributed by atoms with Gasteiger partial charge < -0.3 is 10.6 Å². The molecule has 5 aromatic rings. The number of benzene rings is 2. The Kier molecular flexibility index (Phi) is 4.89. The third-order valence-corrected chi connectivity index (χ3v) is 4.56. The molecule has 11 heteroatoms. The molecule has 31 heavy (non-hydrogen) atoms. The Bertz CT molecular complexity index is 1310. The fourth-order valence-electron chi connectivity index (χ4n) is 3.10. The highest BCUT2D eigenvalue weighted by Gasteiger charge is 2.13. The zero-order chi connectivity index (χ0) is 21.0. The molecule has 2 N–H and O–H groups in total. The molecule has 2 aromatic carbocycles. The molecule has 0 atom stereocenters. The molecular weight excluding hydrogens is 399 g/mol. The first-order valence-electron chi connectivity index (χ1n) is 9.58. The molecule has 0 saturated heterocycles. The summed E-state index contributed by atoms with van der Waals surface area (Å²) in [7, 11) is 0. The van der Waals surface area contributed by atoms with Gasteiger partial charge in [-0.25, -0.2) is 4.39 Å². The summed E-state index contributed by atoms with van der Waals surface area (Å²) in [5, 5.41) is 30.8. The summed E-state index contributed by atoms with van der Waals surface area (Å²) < 4.78 is 17.3. The largest absolute Gasteiger partial charge is 0.367 e. The molecule has 0 unspecified atom stereocenters. The van der Waals surface area contributed by atoms with Crippen LogP contribution in [-0.2, 0) is 0 Å². The Morgan fingerprint density at radius 1 is 0.806 bits per heavy atom. The molecule has 0 aliphatic rings. The van der Waals surface area contributed by atoms with Crippen molar-refractivity contribution in [3.05, 3.63) is 72.5 Å². The van der Waals surface area contributed by atoms with E-state index in [-0.39, 0.29) is 5.82 Å². The highest BCUT2D eigenvalue weighted by atomic mass is 19.1. The molecule has 0 spiro atoms. The molecule has 154 valence electrons. The number of nitrogens with one attached hydrogen (secondary N) is 2. The molecule has 0 aliphatic carbocycles. The Morgan fingerprint density at radius 3 is 2.48 bits per heavy atom. The van der Waals surface area contributed by atoms with E-state index in [1.165, 1.54) is 10.6 Å². The van der Waals surface area contributed by atoms with E-state index in [0.29, 0.717) is 41.9 Å². The first-order chi connectivity index (χ1) is 15.3. The van der Waals surface area contributed by atoms with Gasteiger partial charge in [-0.05, 0) is 46.8 Å². The molecule has 0 amide bonds. The maximum atomic E-state index is 14.2. The van der Waals surface area contributed by atoms with Crippen LogP contribution in [0.25, 0.3) is 22.7 Å². The van der Waals surface area contributed by atoms with Crippen LogP contribution in [0.2, 0.25) is 0 Å². The number of fused-ring (bicyclic) bond motifs is 1. The zero-order valence-electron chi connectivity index (χ0n) is 16.2. The summed E-state index contributed by atoms with van der Waals surface area (Å²) in [5.74, 6) is 1.11. The summed E-state index contributed by atoms with van der Waals surface area (Å²) in [5.41, 5.74) is 1.74. The molecule has 0 saturated carbocycles. The van der Waals surface area contributed by atoms with Crippen molar-refractivity contribution >= 4 is 17.4 Å². The summed E-state index contributed by atoms with van der Waals surface area (Å²) in [6, 6.07) is 19.6. The van der Waals surface area contributed by atoms with E-state index >= 15 is 0 Å². The lowest BCUT2D eigenvalue weighted by atomic mass is 10.2. The third-order valence-electron chi connectivity index (χ3n) is 4.56. The van der Waals surface area contributed by atoms with E-state index in [9.17, 15) is 4.39 Å². The molecule has 10 nitrogen and oxygen atoms in total. The summed E-state index contributed by atoms with van der Waals surface area (Å²) in [6.45, 7) is 1.10. The van der Waals surface area contributed by atoms with Crippen molar-refractivity contribution in [2.24, 2.45) is 0 Å². The van der Waals surface area contributed by atoms with Gasteiger partial charge in [0.25, 0.3) is 0 Å². The first-order valence-corrected chi connectivity index (χ1v) is 9.58. The van der Waals surface area contributed by atoms with Crippen LogP contribution < -0.4 is 10.6 Å². The molecule has 3 heterocycles. The van der Waals surface area contributed by atoms with E-state index in [1.54, 1.807) is 35.0 Å².